The van der Waals surface area contributed by atoms with E-state index >= 15 is 0 Å². The summed E-state index contributed by atoms with van der Waals surface area (Å²) in [4.78, 5) is 0. The number of hydrogen-bond donors (Lipinski definition) is 0. The van der Waals surface area contributed by atoms with Crippen LogP contribution in [0.5, 0.6) is 0 Å². The molecule has 0 radical (unpaired) electrons. The second kappa shape index (κ2) is 5.07. The maximum Gasteiger partial charge on any atom is 0.164 e. The van der Waals surface area contributed by atoms with E-state index in [1.54, 1.807) is 0 Å². The van der Waals surface area contributed by atoms with Gasteiger partial charge in [-0.15, -0.1) is 11.6 Å². The van der Waals surface area contributed by atoms with Gasteiger partial charge in [-0.3, -0.25) is 0 Å². The fourth-order valence-corrected chi connectivity index (χ4v) is 2.47. The van der Waals surface area contributed by atoms with Crippen LogP contribution in [0, 0.1) is 0 Å². The molecule has 0 saturated carbocycles. The summed E-state index contributed by atoms with van der Waals surface area (Å²) < 4.78 is 11.8. The minimum Gasteiger partial charge on any atom is -0.344 e. The van der Waals surface area contributed by atoms with Crippen molar-refractivity contribution < 1.29 is 9.47 Å². The summed E-state index contributed by atoms with van der Waals surface area (Å²) in [6.07, 6.45) is 4.20. The van der Waals surface area contributed by atoms with Crippen LogP contribution in [-0.2, 0) is 9.47 Å². The van der Waals surface area contributed by atoms with Crippen molar-refractivity contribution in [3.8, 4) is 0 Å². The lowest BCUT2D eigenvalue weighted by Gasteiger charge is -2.23. The average Bonchev–Trinajstić information content (AvgIpc) is 2.31. The van der Waals surface area contributed by atoms with Gasteiger partial charge in [-0.05, 0) is 47.5 Å². The maximum atomic E-state index is 5.91. The minimum absolute atomic E-state index is 0.154. The van der Waals surface area contributed by atoms with Gasteiger partial charge in [0.05, 0.1) is 11.7 Å². The SMILES string of the molecule is C/C(=C\CCl)CCC1OC(C)(C)OC1(C)C. The molecule has 0 aromatic heterocycles. The molecule has 0 N–H and O–H groups in total. The summed E-state index contributed by atoms with van der Waals surface area (Å²) >= 11 is 5.66. The normalized spacial score (nSPS) is 28.4. The molecule has 0 bridgehead atoms. The standard InChI is InChI=1S/C13H23ClO2/c1-10(8-9-14)6-7-11-12(2,3)16-13(4,5)15-11/h8,11H,6-7,9H2,1-5H3/b10-8+. The Hall–Kier alpha value is -0.0500. The second-order valence-corrected chi connectivity index (χ2v) is 5.76. The molecule has 94 valence electrons. The fourth-order valence-electron chi connectivity index (χ4n) is 2.21. The lowest BCUT2D eigenvalue weighted by Crippen LogP contribution is -2.33. The van der Waals surface area contributed by atoms with Gasteiger partial charge < -0.3 is 9.47 Å². The molecule has 1 aliphatic heterocycles. The lowest BCUT2D eigenvalue weighted by molar-refractivity contribution is -0.157. The summed E-state index contributed by atoms with van der Waals surface area (Å²) in [5.41, 5.74) is 1.11. The van der Waals surface area contributed by atoms with Crippen LogP contribution < -0.4 is 0 Å². The van der Waals surface area contributed by atoms with Gasteiger partial charge in [0.2, 0.25) is 0 Å². The molecule has 1 unspecified atom stereocenters. The molecule has 1 atom stereocenters. The van der Waals surface area contributed by atoms with Gasteiger partial charge in [-0.1, -0.05) is 11.6 Å². The van der Waals surface area contributed by atoms with E-state index < -0.39 is 5.79 Å². The zero-order valence-electron chi connectivity index (χ0n) is 11.0. The highest BCUT2D eigenvalue weighted by atomic mass is 35.5. The fraction of sp³-hybridized carbons (Fsp3) is 0.846. The average molecular weight is 247 g/mol. The van der Waals surface area contributed by atoms with E-state index in [-0.39, 0.29) is 11.7 Å². The van der Waals surface area contributed by atoms with Crippen LogP contribution in [-0.4, -0.2) is 23.4 Å². The topological polar surface area (TPSA) is 18.5 Å². The molecule has 1 fully saturated rings. The Morgan fingerprint density at radius 1 is 1.31 bits per heavy atom. The molecule has 1 aliphatic rings. The first-order valence-electron chi connectivity index (χ1n) is 5.86. The first-order chi connectivity index (χ1) is 7.27. The van der Waals surface area contributed by atoms with E-state index in [0.29, 0.717) is 5.88 Å². The summed E-state index contributed by atoms with van der Waals surface area (Å²) in [5.74, 6) is 0.126. The molecule has 1 rings (SSSR count). The third kappa shape index (κ3) is 3.76. The van der Waals surface area contributed by atoms with E-state index in [1.807, 2.05) is 13.8 Å². The number of alkyl halides is 1. The Bertz CT molecular complexity index is 269. The van der Waals surface area contributed by atoms with E-state index in [4.69, 9.17) is 21.1 Å². The van der Waals surface area contributed by atoms with Crippen molar-refractivity contribution >= 4 is 11.6 Å². The van der Waals surface area contributed by atoms with Crippen LogP contribution in [0.3, 0.4) is 0 Å². The molecular weight excluding hydrogens is 224 g/mol. The van der Waals surface area contributed by atoms with Gasteiger partial charge >= 0.3 is 0 Å². The summed E-state index contributed by atoms with van der Waals surface area (Å²) in [6.45, 7) is 10.2. The highest BCUT2D eigenvalue weighted by Crippen LogP contribution is 2.38. The second-order valence-electron chi connectivity index (χ2n) is 5.46. The number of ether oxygens (including phenoxy) is 2. The van der Waals surface area contributed by atoms with Crippen molar-refractivity contribution in [2.75, 3.05) is 5.88 Å². The lowest BCUT2D eigenvalue weighted by atomic mass is 9.96. The molecule has 1 saturated heterocycles. The molecule has 0 aliphatic carbocycles. The van der Waals surface area contributed by atoms with Crippen LogP contribution in [0.25, 0.3) is 0 Å². The molecule has 3 heteroatoms. The van der Waals surface area contributed by atoms with Gasteiger partial charge in [0.15, 0.2) is 5.79 Å². The number of halogens is 1. The van der Waals surface area contributed by atoms with Crippen LogP contribution in [0.15, 0.2) is 11.6 Å². The molecular formula is C13H23ClO2. The van der Waals surface area contributed by atoms with Gasteiger partial charge in [0.1, 0.15) is 0 Å². The number of rotatable bonds is 4. The van der Waals surface area contributed by atoms with Gasteiger partial charge in [-0.25, -0.2) is 0 Å². The van der Waals surface area contributed by atoms with E-state index in [1.165, 1.54) is 5.57 Å². The first kappa shape index (κ1) is 14.0. The van der Waals surface area contributed by atoms with E-state index in [2.05, 4.69) is 26.8 Å². The summed E-state index contributed by atoms with van der Waals surface area (Å²) in [6, 6.07) is 0. The monoisotopic (exact) mass is 246 g/mol. The Balaban J connectivity index is 2.52. The Morgan fingerprint density at radius 2 is 1.94 bits per heavy atom. The van der Waals surface area contributed by atoms with Gasteiger partial charge in [0, 0.05) is 5.88 Å². The minimum atomic E-state index is -0.460. The summed E-state index contributed by atoms with van der Waals surface area (Å²) in [5, 5.41) is 0. The largest absolute Gasteiger partial charge is 0.344 e. The zero-order valence-corrected chi connectivity index (χ0v) is 11.7. The molecule has 0 spiro atoms. The third-order valence-electron chi connectivity index (χ3n) is 2.94. The number of hydrogen-bond acceptors (Lipinski definition) is 2. The number of allylic oxidation sites excluding steroid dienone is 2. The Morgan fingerprint density at radius 3 is 2.38 bits per heavy atom. The summed E-state index contributed by atoms with van der Waals surface area (Å²) in [7, 11) is 0. The van der Waals surface area contributed by atoms with Crippen molar-refractivity contribution in [2.24, 2.45) is 0 Å². The molecule has 16 heavy (non-hydrogen) atoms. The van der Waals surface area contributed by atoms with E-state index in [9.17, 15) is 0 Å². The third-order valence-corrected chi connectivity index (χ3v) is 3.09. The highest BCUT2D eigenvalue weighted by Gasteiger charge is 2.46. The van der Waals surface area contributed by atoms with E-state index in [0.717, 1.165) is 12.8 Å². The van der Waals surface area contributed by atoms with Crippen molar-refractivity contribution in [1.29, 1.82) is 0 Å². The predicted octanol–water partition coefficient (Wildman–Crippen LogP) is 3.88. The van der Waals surface area contributed by atoms with Crippen LogP contribution >= 0.6 is 11.6 Å². The zero-order chi connectivity index (χ0) is 12.4. The molecule has 0 aromatic carbocycles. The van der Waals surface area contributed by atoms with Crippen molar-refractivity contribution in [1.82, 2.24) is 0 Å². The Labute approximate surface area is 104 Å². The first-order valence-corrected chi connectivity index (χ1v) is 6.40. The van der Waals surface area contributed by atoms with Crippen molar-refractivity contribution in [3.63, 3.8) is 0 Å². The van der Waals surface area contributed by atoms with Gasteiger partial charge in [0.25, 0.3) is 0 Å². The van der Waals surface area contributed by atoms with Crippen LogP contribution in [0.1, 0.15) is 47.5 Å². The smallest absolute Gasteiger partial charge is 0.164 e. The Kier molecular flexibility index (Phi) is 4.44. The van der Waals surface area contributed by atoms with Gasteiger partial charge in [-0.2, -0.15) is 0 Å². The predicted molar refractivity (Wildman–Crippen MR) is 67.8 cm³/mol. The highest BCUT2D eigenvalue weighted by molar-refractivity contribution is 6.18. The molecule has 1 heterocycles. The molecule has 2 nitrogen and oxygen atoms in total. The van der Waals surface area contributed by atoms with Crippen molar-refractivity contribution in [2.45, 2.75) is 65.0 Å². The van der Waals surface area contributed by atoms with Crippen LogP contribution in [0.4, 0.5) is 0 Å². The molecule has 0 amide bonds. The van der Waals surface area contributed by atoms with Crippen LogP contribution in [0.2, 0.25) is 0 Å². The van der Waals surface area contributed by atoms with Crippen molar-refractivity contribution in [3.05, 3.63) is 11.6 Å². The quantitative estimate of drug-likeness (QED) is 0.554. The molecule has 0 aromatic rings. The maximum absolute atomic E-state index is 5.91.